The quantitative estimate of drug-likeness (QED) is 0.846. The van der Waals surface area contributed by atoms with Crippen LogP contribution in [0.5, 0.6) is 0 Å². The summed E-state index contributed by atoms with van der Waals surface area (Å²) in [7, 11) is 0. The lowest BCUT2D eigenvalue weighted by Gasteiger charge is -2.22. The van der Waals surface area contributed by atoms with Crippen LogP contribution < -0.4 is 10.9 Å². The fraction of sp³-hybridized carbons (Fsp3) is 0.571. The predicted octanol–water partition coefficient (Wildman–Crippen LogP) is 3.18. The fourth-order valence-electron chi connectivity index (χ4n) is 2.64. The summed E-state index contributed by atoms with van der Waals surface area (Å²) in [5.74, 6) is 0.697. The van der Waals surface area contributed by atoms with Crippen LogP contribution in [-0.4, -0.2) is 15.8 Å². The SMILES string of the molecule is C=CCn1ncc(NC(C)C2CCCC2)c(Br)c1=O. The summed E-state index contributed by atoms with van der Waals surface area (Å²) in [5.41, 5.74) is 0.660. The molecule has 0 aliphatic heterocycles. The zero-order valence-corrected chi connectivity index (χ0v) is 12.8. The molecule has 0 radical (unpaired) electrons. The van der Waals surface area contributed by atoms with Gasteiger partial charge in [-0.25, -0.2) is 4.68 Å². The smallest absolute Gasteiger partial charge is 0.283 e. The first kappa shape index (κ1) is 14.3. The van der Waals surface area contributed by atoms with Crippen molar-refractivity contribution in [2.24, 2.45) is 5.92 Å². The average molecular weight is 326 g/mol. The van der Waals surface area contributed by atoms with E-state index >= 15 is 0 Å². The van der Waals surface area contributed by atoms with Gasteiger partial charge in [0.2, 0.25) is 0 Å². The Labute approximate surface area is 122 Å². The van der Waals surface area contributed by atoms with E-state index in [1.54, 1.807) is 12.3 Å². The number of rotatable bonds is 5. The van der Waals surface area contributed by atoms with Gasteiger partial charge < -0.3 is 5.32 Å². The van der Waals surface area contributed by atoms with Crippen LogP contribution in [0.2, 0.25) is 0 Å². The second-order valence-electron chi connectivity index (χ2n) is 5.13. The van der Waals surface area contributed by atoms with E-state index in [1.165, 1.54) is 30.4 Å². The molecule has 0 saturated heterocycles. The lowest BCUT2D eigenvalue weighted by atomic mass is 10.00. The Morgan fingerprint density at radius 2 is 2.32 bits per heavy atom. The summed E-state index contributed by atoms with van der Waals surface area (Å²) in [6.45, 7) is 6.22. The molecule has 0 aromatic carbocycles. The van der Waals surface area contributed by atoms with Gasteiger partial charge >= 0.3 is 0 Å². The predicted molar refractivity (Wildman–Crippen MR) is 81.4 cm³/mol. The molecule has 1 aliphatic rings. The minimum Gasteiger partial charge on any atom is -0.380 e. The molecule has 0 amide bonds. The Kier molecular flexibility index (Phi) is 4.80. The molecule has 1 aliphatic carbocycles. The first-order valence-electron chi connectivity index (χ1n) is 6.76. The van der Waals surface area contributed by atoms with Gasteiger partial charge in [0.15, 0.2) is 0 Å². The van der Waals surface area contributed by atoms with Crippen LogP contribution in [0.3, 0.4) is 0 Å². The monoisotopic (exact) mass is 325 g/mol. The van der Waals surface area contributed by atoms with E-state index in [0.717, 1.165) is 5.69 Å². The Balaban J connectivity index is 2.14. The number of nitrogens with one attached hydrogen (secondary N) is 1. The molecule has 0 bridgehead atoms. The Hall–Kier alpha value is -1.10. The van der Waals surface area contributed by atoms with Crippen LogP contribution in [0.4, 0.5) is 5.69 Å². The lowest BCUT2D eigenvalue weighted by Crippen LogP contribution is -2.28. The Morgan fingerprint density at radius 3 is 2.95 bits per heavy atom. The third kappa shape index (κ3) is 3.26. The maximum Gasteiger partial charge on any atom is 0.283 e. The third-order valence-electron chi connectivity index (χ3n) is 3.78. The Morgan fingerprint density at radius 1 is 1.63 bits per heavy atom. The van der Waals surface area contributed by atoms with E-state index in [0.29, 0.717) is 23.0 Å². The lowest BCUT2D eigenvalue weighted by molar-refractivity contribution is 0.481. The molecule has 2 rings (SSSR count). The number of halogens is 1. The van der Waals surface area contributed by atoms with E-state index in [2.05, 4.69) is 39.8 Å². The van der Waals surface area contributed by atoms with E-state index in [9.17, 15) is 4.79 Å². The fourth-order valence-corrected chi connectivity index (χ4v) is 3.06. The minimum absolute atomic E-state index is 0.122. The van der Waals surface area contributed by atoms with Gasteiger partial charge in [-0.05, 0) is 41.6 Å². The van der Waals surface area contributed by atoms with Gasteiger partial charge in [0.05, 0.1) is 18.4 Å². The minimum atomic E-state index is -0.122. The summed E-state index contributed by atoms with van der Waals surface area (Å²) in [4.78, 5) is 12.0. The highest BCUT2D eigenvalue weighted by Gasteiger charge is 2.22. The summed E-state index contributed by atoms with van der Waals surface area (Å²) < 4.78 is 1.94. The zero-order chi connectivity index (χ0) is 13.8. The third-order valence-corrected chi connectivity index (χ3v) is 4.54. The number of nitrogens with zero attached hydrogens (tertiary/aromatic N) is 2. The molecule has 1 aromatic heterocycles. The van der Waals surface area contributed by atoms with Gasteiger partial charge in [0.25, 0.3) is 5.56 Å². The van der Waals surface area contributed by atoms with Crippen molar-refractivity contribution in [1.82, 2.24) is 9.78 Å². The number of hydrogen-bond donors (Lipinski definition) is 1. The zero-order valence-electron chi connectivity index (χ0n) is 11.2. The number of aromatic nitrogens is 2. The van der Waals surface area contributed by atoms with Crippen LogP contribution in [0, 0.1) is 5.92 Å². The first-order chi connectivity index (χ1) is 9.13. The molecular formula is C14H20BrN3O. The number of anilines is 1. The van der Waals surface area contributed by atoms with Gasteiger partial charge in [-0.2, -0.15) is 5.10 Å². The second-order valence-corrected chi connectivity index (χ2v) is 5.92. The molecule has 1 heterocycles. The van der Waals surface area contributed by atoms with Crippen molar-refractivity contribution in [1.29, 1.82) is 0 Å². The summed E-state index contributed by atoms with van der Waals surface area (Å²) in [6.07, 6.45) is 8.54. The van der Waals surface area contributed by atoms with Crippen molar-refractivity contribution in [3.8, 4) is 0 Å². The van der Waals surface area contributed by atoms with Crippen molar-refractivity contribution in [2.45, 2.75) is 45.2 Å². The number of hydrogen-bond acceptors (Lipinski definition) is 3. The Bertz CT molecular complexity index is 506. The van der Waals surface area contributed by atoms with Crippen LogP contribution in [0.15, 0.2) is 28.1 Å². The maximum atomic E-state index is 12.0. The van der Waals surface area contributed by atoms with E-state index in [1.807, 2.05) is 0 Å². The maximum absolute atomic E-state index is 12.0. The molecule has 1 aromatic rings. The van der Waals surface area contributed by atoms with Crippen LogP contribution >= 0.6 is 15.9 Å². The van der Waals surface area contributed by atoms with Crippen molar-refractivity contribution < 1.29 is 0 Å². The molecule has 1 unspecified atom stereocenters. The molecular weight excluding hydrogens is 306 g/mol. The topological polar surface area (TPSA) is 46.9 Å². The van der Waals surface area contributed by atoms with E-state index < -0.39 is 0 Å². The van der Waals surface area contributed by atoms with Crippen molar-refractivity contribution >= 4 is 21.6 Å². The van der Waals surface area contributed by atoms with Gasteiger partial charge in [-0.1, -0.05) is 18.9 Å². The summed E-state index contributed by atoms with van der Waals surface area (Å²) in [6, 6.07) is 0.371. The molecule has 0 spiro atoms. The molecule has 1 fully saturated rings. The van der Waals surface area contributed by atoms with Crippen molar-refractivity contribution in [2.75, 3.05) is 5.32 Å². The van der Waals surface area contributed by atoms with Crippen LogP contribution in [0.25, 0.3) is 0 Å². The highest BCUT2D eigenvalue weighted by molar-refractivity contribution is 9.10. The molecule has 4 nitrogen and oxygen atoms in total. The van der Waals surface area contributed by atoms with Gasteiger partial charge in [-0.3, -0.25) is 4.79 Å². The standard InChI is InChI=1S/C14H20BrN3O/c1-3-8-18-14(19)13(15)12(9-16-18)17-10(2)11-6-4-5-7-11/h3,9-11,17H,1,4-8H2,2H3. The normalized spacial score (nSPS) is 17.4. The first-order valence-corrected chi connectivity index (χ1v) is 7.56. The molecule has 104 valence electrons. The summed E-state index contributed by atoms with van der Waals surface area (Å²) in [5, 5.41) is 7.56. The number of allylic oxidation sites excluding steroid dienone is 1. The highest BCUT2D eigenvalue weighted by atomic mass is 79.9. The van der Waals surface area contributed by atoms with Gasteiger partial charge in [-0.15, -0.1) is 6.58 Å². The van der Waals surface area contributed by atoms with Crippen LogP contribution in [0.1, 0.15) is 32.6 Å². The van der Waals surface area contributed by atoms with Gasteiger partial charge in [0.1, 0.15) is 4.47 Å². The average Bonchev–Trinajstić information content (AvgIpc) is 2.92. The van der Waals surface area contributed by atoms with Crippen molar-refractivity contribution in [3.05, 3.63) is 33.7 Å². The van der Waals surface area contributed by atoms with E-state index in [-0.39, 0.29) is 5.56 Å². The van der Waals surface area contributed by atoms with Crippen LogP contribution in [-0.2, 0) is 6.54 Å². The second kappa shape index (κ2) is 6.37. The molecule has 5 heteroatoms. The summed E-state index contributed by atoms with van der Waals surface area (Å²) >= 11 is 3.37. The molecule has 19 heavy (non-hydrogen) atoms. The molecule has 1 saturated carbocycles. The van der Waals surface area contributed by atoms with E-state index in [4.69, 9.17) is 0 Å². The molecule has 1 atom stereocenters. The molecule has 1 N–H and O–H groups in total. The van der Waals surface area contributed by atoms with Gasteiger partial charge in [0, 0.05) is 6.04 Å². The largest absolute Gasteiger partial charge is 0.380 e. The highest BCUT2D eigenvalue weighted by Crippen LogP contribution is 2.30. The van der Waals surface area contributed by atoms with Crippen molar-refractivity contribution in [3.63, 3.8) is 0 Å².